The van der Waals surface area contributed by atoms with E-state index in [1.54, 1.807) is 15.7 Å². The van der Waals surface area contributed by atoms with Crippen LogP contribution in [-0.2, 0) is 30.1 Å². The lowest BCUT2D eigenvalue weighted by Gasteiger charge is -2.10. The molecule has 130 valence electrons. The summed E-state index contributed by atoms with van der Waals surface area (Å²) in [4.78, 5) is 2.38. The molecule has 0 saturated carbocycles. The van der Waals surface area contributed by atoms with Crippen LogP contribution in [0.3, 0.4) is 0 Å². The Kier molecular flexibility index (Phi) is 5.08. The summed E-state index contributed by atoms with van der Waals surface area (Å²) in [5.41, 5.74) is 0. The molecule has 0 unspecified atom stereocenters. The van der Waals surface area contributed by atoms with Crippen molar-refractivity contribution in [3.63, 3.8) is 0 Å². The van der Waals surface area contributed by atoms with Crippen LogP contribution >= 0.6 is 0 Å². The first-order valence-electron chi connectivity index (χ1n) is 6.24. The molecule has 0 bridgehead atoms. The molecule has 2 aromatic rings. The van der Waals surface area contributed by atoms with Gasteiger partial charge in [-0.2, -0.15) is 0 Å². The van der Waals surface area contributed by atoms with Crippen molar-refractivity contribution in [3.05, 3.63) is 54.6 Å². The molecule has 2 rings (SSSR count). The summed E-state index contributed by atoms with van der Waals surface area (Å²) in [5, 5.41) is 4.93. The van der Waals surface area contributed by atoms with E-state index in [0.29, 0.717) is 0 Å². The lowest BCUT2D eigenvalue weighted by atomic mass is 10.4. The molecule has 0 radical (unpaired) electrons. The predicted octanol–water partition coefficient (Wildman–Crippen LogP) is -0.494. The largest absolute Gasteiger partial charge is 0.254 e. The zero-order valence-corrected chi connectivity index (χ0v) is 14.4. The Balaban J connectivity index is 2.27. The summed E-state index contributed by atoms with van der Waals surface area (Å²) in [5.74, 6) is 0. The molecular weight excluding hydrogens is 378 g/mol. The Morgan fingerprint density at radius 2 is 1.08 bits per heavy atom. The van der Waals surface area contributed by atoms with Crippen molar-refractivity contribution in [3.8, 4) is 0 Å². The smallest absolute Gasteiger partial charge is 0.225 e. The second kappa shape index (κ2) is 6.58. The molecule has 0 spiro atoms. The van der Waals surface area contributed by atoms with Crippen LogP contribution in [-0.4, -0.2) is 25.3 Å². The summed E-state index contributed by atoms with van der Waals surface area (Å²) < 4.78 is 70.7. The van der Waals surface area contributed by atoms with Gasteiger partial charge in [-0.1, -0.05) is 24.3 Å². The Morgan fingerprint density at radius 3 is 1.62 bits per heavy atom. The van der Waals surface area contributed by atoms with E-state index >= 15 is 0 Å². The van der Waals surface area contributed by atoms with Crippen LogP contribution in [0.5, 0.6) is 0 Å². The first kappa shape index (κ1) is 18.5. The summed E-state index contributed by atoms with van der Waals surface area (Å²) in [6, 6.07) is 11.3. The van der Waals surface area contributed by atoms with Crippen LogP contribution in [0.4, 0.5) is 0 Å². The van der Waals surface area contributed by atoms with Crippen molar-refractivity contribution in [1.82, 2.24) is 9.66 Å². The van der Waals surface area contributed by atoms with Gasteiger partial charge in [0.05, 0.1) is 14.7 Å². The Morgan fingerprint density at radius 1 is 0.625 bits per heavy atom. The SMILES string of the molecule is NS(=O)(=O)c1cccc(S(=O)(=O)NNS(=O)(=O)c2ccccc2)c1. The van der Waals surface area contributed by atoms with Crippen LogP contribution in [0, 0.1) is 0 Å². The molecule has 24 heavy (non-hydrogen) atoms. The van der Waals surface area contributed by atoms with Crippen molar-refractivity contribution >= 4 is 30.1 Å². The summed E-state index contributed by atoms with van der Waals surface area (Å²) in [7, 11) is -12.6. The lowest BCUT2D eigenvalue weighted by molar-refractivity contribution is 0.557. The number of sulfonamides is 3. The molecule has 4 N–H and O–H groups in total. The minimum atomic E-state index is -4.34. The van der Waals surface area contributed by atoms with E-state index in [2.05, 4.69) is 0 Å². The van der Waals surface area contributed by atoms with Gasteiger partial charge < -0.3 is 0 Å². The molecule has 0 aliphatic rings. The highest BCUT2D eigenvalue weighted by molar-refractivity contribution is 7.92. The van der Waals surface area contributed by atoms with E-state index in [1.807, 2.05) is 0 Å². The van der Waals surface area contributed by atoms with Gasteiger partial charge >= 0.3 is 0 Å². The summed E-state index contributed by atoms with van der Waals surface area (Å²) >= 11 is 0. The van der Waals surface area contributed by atoms with Crippen molar-refractivity contribution < 1.29 is 25.3 Å². The van der Waals surface area contributed by atoms with Gasteiger partial charge in [-0.15, -0.1) is 9.66 Å². The molecular formula is C12H13N3O6S3. The fourth-order valence-corrected chi connectivity index (χ4v) is 4.45. The summed E-state index contributed by atoms with van der Waals surface area (Å²) in [6.45, 7) is 0. The number of benzene rings is 2. The monoisotopic (exact) mass is 391 g/mol. The minimum absolute atomic E-state index is 0.147. The molecule has 0 aromatic heterocycles. The number of hydrogen-bond acceptors (Lipinski definition) is 6. The van der Waals surface area contributed by atoms with E-state index in [4.69, 9.17) is 5.14 Å². The van der Waals surface area contributed by atoms with E-state index in [1.165, 1.54) is 30.3 Å². The lowest BCUT2D eigenvalue weighted by Crippen LogP contribution is -2.41. The van der Waals surface area contributed by atoms with Crippen molar-refractivity contribution in [2.24, 2.45) is 5.14 Å². The normalized spacial score (nSPS) is 12.9. The molecule has 0 aliphatic carbocycles. The first-order valence-corrected chi connectivity index (χ1v) is 10.8. The van der Waals surface area contributed by atoms with Gasteiger partial charge in [-0.25, -0.2) is 30.4 Å². The average molecular weight is 391 g/mol. The number of nitrogens with two attached hydrogens (primary N) is 1. The average Bonchev–Trinajstić information content (AvgIpc) is 2.53. The number of rotatable bonds is 6. The Hall–Kier alpha value is -1.83. The number of hydrazine groups is 1. The van der Waals surface area contributed by atoms with Gasteiger partial charge in [0.2, 0.25) is 10.0 Å². The van der Waals surface area contributed by atoms with Gasteiger partial charge in [-0.05, 0) is 30.3 Å². The van der Waals surface area contributed by atoms with E-state index in [0.717, 1.165) is 18.2 Å². The number of hydrogen-bond donors (Lipinski definition) is 3. The zero-order valence-electron chi connectivity index (χ0n) is 11.9. The van der Waals surface area contributed by atoms with Crippen LogP contribution in [0.1, 0.15) is 0 Å². The molecule has 0 atom stereocenters. The summed E-state index contributed by atoms with van der Waals surface area (Å²) in [6.07, 6.45) is 0. The molecule has 9 nitrogen and oxygen atoms in total. The van der Waals surface area contributed by atoms with Crippen LogP contribution in [0.25, 0.3) is 0 Å². The molecule has 0 amide bonds. The van der Waals surface area contributed by atoms with Crippen molar-refractivity contribution in [2.75, 3.05) is 0 Å². The molecule has 0 saturated heterocycles. The van der Waals surface area contributed by atoms with Crippen LogP contribution < -0.4 is 14.8 Å². The molecule has 12 heteroatoms. The maximum atomic E-state index is 12.1. The zero-order chi connectivity index (χ0) is 18.0. The quantitative estimate of drug-likeness (QED) is 0.565. The van der Waals surface area contributed by atoms with Gasteiger partial charge in [0.1, 0.15) is 0 Å². The fourth-order valence-electron chi connectivity index (χ4n) is 1.65. The van der Waals surface area contributed by atoms with Crippen molar-refractivity contribution in [2.45, 2.75) is 14.7 Å². The second-order valence-corrected chi connectivity index (χ2v) is 9.47. The molecule has 2 aromatic carbocycles. The maximum Gasteiger partial charge on any atom is 0.254 e. The first-order chi connectivity index (χ1) is 11.0. The van der Waals surface area contributed by atoms with Gasteiger partial charge in [-0.3, -0.25) is 0 Å². The predicted molar refractivity (Wildman–Crippen MR) is 84.9 cm³/mol. The van der Waals surface area contributed by atoms with E-state index in [-0.39, 0.29) is 4.90 Å². The highest BCUT2D eigenvalue weighted by Crippen LogP contribution is 2.14. The van der Waals surface area contributed by atoms with Crippen molar-refractivity contribution in [1.29, 1.82) is 0 Å². The number of primary sulfonamides is 1. The van der Waals surface area contributed by atoms with Gasteiger partial charge in [0.15, 0.2) is 0 Å². The van der Waals surface area contributed by atoms with Gasteiger partial charge in [0.25, 0.3) is 20.0 Å². The topological polar surface area (TPSA) is 152 Å². The number of nitrogens with one attached hydrogen (secondary N) is 2. The maximum absolute atomic E-state index is 12.1. The minimum Gasteiger partial charge on any atom is -0.225 e. The third-order valence-corrected chi connectivity index (χ3v) is 6.36. The highest BCUT2D eigenvalue weighted by atomic mass is 32.2. The Labute approximate surface area is 139 Å². The molecule has 0 fully saturated rings. The van der Waals surface area contributed by atoms with Crippen LogP contribution in [0.2, 0.25) is 0 Å². The third kappa shape index (κ3) is 4.37. The van der Waals surface area contributed by atoms with E-state index in [9.17, 15) is 25.3 Å². The fraction of sp³-hybridized carbons (Fsp3) is 0. The standard InChI is InChI=1S/C12H13N3O6S3/c13-22(16,17)11-7-4-8-12(9-11)24(20,21)15-14-23(18,19)10-5-2-1-3-6-10/h1-9,14-15H,(H2,13,16,17). The Bertz CT molecular complexity index is 1050. The molecule has 0 aliphatic heterocycles. The third-order valence-electron chi connectivity index (χ3n) is 2.81. The van der Waals surface area contributed by atoms with Gasteiger partial charge in [0, 0.05) is 0 Å². The highest BCUT2D eigenvalue weighted by Gasteiger charge is 2.21. The van der Waals surface area contributed by atoms with E-state index < -0.39 is 39.9 Å². The molecule has 0 heterocycles. The second-order valence-electron chi connectivity index (χ2n) is 4.54. The van der Waals surface area contributed by atoms with Crippen LogP contribution in [0.15, 0.2) is 69.3 Å².